The monoisotopic (exact) mass is 281 g/mol. The summed E-state index contributed by atoms with van der Waals surface area (Å²) < 4.78 is 6.19. The molecule has 0 aliphatic carbocycles. The molecule has 4 rings (SSSR count). The molecule has 2 aromatic rings. The van der Waals surface area contributed by atoms with E-state index >= 15 is 0 Å². The van der Waals surface area contributed by atoms with Gasteiger partial charge in [0, 0.05) is 30.1 Å². The summed E-state index contributed by atoms with van der Waals surface area (Å²) in [5.74, 6) is 1.72. The van der Waals surface area contributed by atoms with Gasteiger partial charge in [-0.1, -0.05) is 36.4 Å². The number of ether oxygens (including phenoxy) is 1. The van der Waals surface area contributed by atoms with Crippen molar-refractivity contribution in [2.75, 3.05) is 20.1 Å². The maximum Gasteiger partial charge on any atom is 0.136 e. The van der Waals surface area contributed by atoms with E-state index in [1.165, 1.54) is 0 Å². The van der Waals surface area contributed by atoms with Crippen molar-refractivity contribution in [3.05, 3.63) is 59.2 Å². The quantitative estimate of drug-likeness (QED) is 0.805. The third-order valence-corrected chi connectivity index (χ3v) is 4.77. The second-order valence-electron chi connectivity index (χ2n) is 6.27. The van der Waals surface area contributed by atoms with E-state index in [-0.39, 0.29) is 5.92 Å². The number of β-amino-alcohol motifs (C(OH)–C–C–N with tert-alkyl or cyclic N) is 1. The van der Waals surface area contributed by atoms with Crippen molar-refractivity contribution in [2.24, 2.45) is 0 Å². The number of likely N-dealkylation sites (tertiary alicyclic amines) is 1. The third kappa shape index (κ3) is 1.74. The Bertz CT molecular complexity index is 712. The SMILES string of the molecule is Cc1cccc2c1Oc1ccccc1[C@H]1CN(C)C[C@@]21O. The van der Waals surface area contributed by atoms with Crippen LogP contribution < -0.4 is 4.74 Å². The first-order valence-corrected chi connectivity index (χ1v) is 7.37. The summed E-state index contributed by atoms with van der Waals surface area (Å²) in [5.41, 5.74) is 2.18. The number of benzene rings is 2. The number of para-hydroxylation sites is 2. The molecule has 2 aliphatic rings. The summed E-state index contributed by atoms with van der Waals surface area (Å²) in [6.45, 7) is 3.50. The van der Waals surface area contributed by atoms with Crippen LogP contribution in [0.5, 0.6) is 11.5 Å². The van der Waals surface area contributed by atoms with Crippen molar-refractivity contribution in [1.29, 1.82) is 0 Å². The highest BCUT2D eigenvalue weighted by Gasteiger charge is 2.50. The maximum absolute atomic E-state index is 11.5. The van der Waals surface area contributed by atoms with Gasteiger partial charge in [0.05, 0.1) is 0 Å². The largest absolute Gasteiger partial charge is 0.456 e. The minimum absolute atomic E-state index is 0.0433. The van der Waals surface area contributed by atoms with Crippen LogP contribution in [0.4, 0.5) is 0 Å². The summed E-state index contributed by atoms with van der Waals surface area (Å²) in [5, 5.41) is 11.5. The van der Waals surface area contributed by atoms with Crippen molar-refractivity contribution in [3.8, 4) is 11.5 Å². The van der Waals surface area contributed by atoms with Gasteiger partial charge in [-0.05, 0) is 25.6 Å². The van der Waals surface area contributed by atoms with Crippen molar-refractivity contribution < 1.29 is 9.84 Å². The second kappa shape index (κ2) is 4.33. The van der Waals surface area contributed by atoms with Crippen molar-refractivity contribution >= 4 is 0 Å². The second-order valence-corrected chi connectivity index (χ2v) is 6.27. The molecule has 3 heteroatoms. The Labute approximate surface area is 124 Å². The summed E-state index contributed by atoms with van der Waals surface area (Å²) in [4.78, 5) is 2.19. The molecule has 1 saturated heterocycles. The number of nitrogens with zero attached hydrogens (tertiary/aromatic N) is 1. The zero-order valence-corrected chi connectivity index (χ0v) is 12.3. The van der Waals surface area contributed by atoms with Crippen LogP contribution in [0.2, 0.25) is 0 Å². The number of rotatable bonds is 0. The van der Waals surface area contributed by atoms with Gasteiger partial charge in [0.25, 0.3) is 0 Å². The smallest absolute Gasteiger partial charge is 0.136 e. The van der Waals surface area contributed by atoms with Gasteiger partial charge in [0.15, 0.2) is 0 Å². The molecule has 0 saturated carbocycles. The highest BCUT2D eigenvalue weighted by atomic mass is 16.5. The summed E-state index contributed by atoms with van der Waals surface area (Å²) >= 11 is 0. The molecule has 2 aromatic carbocycles. The molecule has 21 heavy (non-hydrogen) atoms. The predicted octanol–water partition coefficient (Wildman–Crippen LogP) is 3.02. The number of aryl methyl sites for hydroxylation is 1. The van der Waals surface area contributed by atoms with Gasteiger partial charge in [-0.25, -0.2) is 0 Å². The van der Waals surface area contributed by atoms with Gasteiger partial charge in [-0.2, -0.15) is 0 Å². The lowest BCUT2D eigenvalue weighted by molar-refractivity contribution is 0.0336. The fraction of sp³-hybridized carbons (Fsp3) is 0.333. The normalized spacial score (nSPS) is 27.3. The number of fused-ring (bicyclic) bond motifs is 5. The molecule has 2 atom stereocenters. The molecule has 1 fully saturated rings. The summed E-state index contributed by atoms with van der Waals surface area (Å²) in [6, 6.07) is 14.1. The number of hydrogen-bond donors (Lipinski definition) is 1. The molecule has 0 spiro atoms. The van der Waals surface area contributed by atoms with E-state index in [1.54, 1.807) is 0 Å². The molecule has 108 valence electrons. The lowest BCUT2D eigenvalue weighted by Gasteiger charge is -2.29. The van der Waals surface area contributed by atoms with Crippen LogP contribution in [-0.4, -0.2) is 30.1 Å². The molecular formula is C18H19NO2. The average molecular weight is 281 g/mol. The Morgan fingerprint density at radius 2 is 2.00 bits per heavy atom. The van der Waals surface area contributed by atoms with Gasteiger partial charge >= 0.3 is 0 Å². The lowest BCUT2D eigenvalue weighted by Crippen LogP contribution is -2.33. The van der Waals surface area contributed by atoms with Crippen molar-refractivity contribution in [3.63, 3.8) is 0 Å². The first-order chi connectivity index (χ1) is 10.1. The summed E-state index contributed by atoms with van der Waals surface area (Å²) in [6.07, 6.45) is 0. The molecule has 2 heterocycles. The zero-order chi connectivity index (χ0) is 14.6. The van der Waals surface area contributed by atoms with Gasteiger partial charge < -0.3 is 14.7 Å². The van der Waals surface area contributed by atoms with E-state index < -0.39 is 5.60 Å². The lowest BCUT2D eigenvalue weighted by atomic mass is 9.79. The number of hydrogen-bond acceptors (Lipinski definition) is 3. The van der Waals surface area contributed by atoms with Crippen LogP contribution in [0, 0.1) is 6.92 Å². The highest BCUT2D eigenvalue weighted by molar-refractivity contribution is 5.54. The van der Waals surface area contributed by atoms with Crippen LogP contribution in [-0.2, 0) is 5.60 Å². The van der Waals surface area contributed by atoms with Crippen molar-refractivity contribution in [1.82, 2.24) is 4.90 Å². The minimum atomic E-state index is -0.886. The Hall–Kier alpha value is -1.84. The van der Waals surface area contributed by atoms with E-state index in [4.69, 9.17) is 4.74 Å². The molecule has 3 nitrogen and oxygen atoms in total. The van der Waals surface area contributed by atoms with Crippen LogP contribution in [0.3, 0.4) is 0 Å². The molecular weight excluding hydrogens is 262 g/mol. The van der Waals surface area contributed by atoms with Gasteiger partial charge in [0.2, 0.25) is 0 Å². The maximum atomic E-state index is 11.5. The average Bonchev–Trinajstić information content (AvgIpc) is 2.72. The van der Waals surface area contributed by atoms with Crippen LogP contribution in [0.15, 0.2) is 42.5 Å². The number of likely N-dealkylation sites (N-methyl/N-ethyl adjacent to an activating group) is 1. The van der Waals surface area contributed by atoms with Crippen LogP contribution >= 0.6 is 0 Å². The fourth-order valence-corrected chi connectivity index (χ4v) is 3.78. The van der Waals surface area contributed by atoms with Crippen LogP contribution in [0.25, 0.3) is 0 Å². The molecule has 0 radical (unpaired) electrons. The van der Waals surface area contributed by atoms with E-state index in [2.05, 4.69) is 18.0 Å². The topological polar surface area (TPSA) is 32.7 Å². The standard InChI is InChI=1S/C18H19NO2/c1-12-6-5-8-14-17(12)21-16-9-4-3-7-13(16)15-10-19(2)11-18(14,15)20/h3-9,15,20H,10-11H2,1-2H3/t15-,18-/m1/s1. The van der Waals surface area contributed by atoms with Crippen molar-refractivity contribution in [2.45, 2.75) is 18.4 Å². The Balaban J connectivity index is 2.03. The highest BCUT2D eigenvalue weighted by Crippen LogP contribution is 2.52. The minimum Gasteiger partial charge on any atom is -0.456 e. The molecule has 0 bridgehead atoms. The Kier molecular flexibility index (Phi) is 2.65. The molecule has 0 unspecified atom stereocenters. The van der Waals surface area contributed by atoms with Gasteiger partial charge in [-0.15, -0.1) is 0 Å². The third-order valence-electron chi connectivity index (χ3n) is 4.77. The van der Waals surface area contributed by atoms with Gasteiger partial charge in [-0.3, -0.25) is 0 Å². The number of aliphatic hydroxyl groups is 1. The van der Waals surface area contributed by atoms with Crippen LogP contribution in [0.1, 0.15) is 22.6 Å². The summed E-state index contributed by atoms with van der Waals surface area (Å²) in [7, 11) is 2.06. The Morgan fingerprint density at radius 1 is 1.19 bits per heavy atom. The molecule has 0 amide bonds. The fourth-order valence-electron chi connectivity index (χ4n) is 3.78. The van der Waals surface area contributed by atoms with E-state index in [9.17, 15) is 5.11 Å². The first kappa shape index (κ1) is 12.9. The zero-order valence-electron chi connectivity index (χ0n) is 12.3. The molecule has 0 aromatic heterocycles. The first-order valence-electron chi connectivity index (χ1n) is 7.37. The predicted molar refractivity (Wildman–Crippen MR) is 81.8 cm³/mol. The van der Waals surface area contributed by atoms with E-state index in [0.717, 1.165) is 34.7 Å². The Morgan fingerprint density at radius 3 is 2.86 bits per heavy atom. The van der Waals surface area contributed by atoms with Gasteiger partial charge in [0.1, 0.15) is 17.1 Å². The van der Waals surface area contributed by atoms with E-state index in [0.29, 0.717) is 6.54 Å². The molecule has 1 N–H and O–H groups in total. The molecule has 2 aliphatic heterocycles. The van der Waals surface area contributed by atoms with E-state index in [1.807, 2.05) is 43.3 Å².